The van der Waals surface area contributed by atoms with E-state index in [1.807, 2.05) is 0 Å². The molecule has 0 aliphatic rings. The van der Waals surface area contributed by atoms with Crippen LogP contribution < -0.4 is 4.74 Å². The summed E-state index contributed by atoms with van der Waals surface area (Å²) in [6, 6.07) is 6.99. The zero-order valence-corrected chi connectivity index (χ0v) is 8.62. The maximum Gasteiger partial charge on any atom is 0.422 e. The molecule has 0 spiro atoms. The zero-order chi connectivity index (χ0) is 12.9. The number of carbonyl (C=O) groups is 1. The molecule has 0 fully saturated rings. The number of nitriles is 1. The first-order valence-electron chi connectivity index (χ1n) is 4.62. The zero-order valence-electron chi connectivity index (χ0n) is 8.62. The van der Waals surface area contributed by atoms with Crippen molar-refractivity contribution in [1.82, 2.24) is 0 Å². The predicted molar refractivity (Wildman–Crippen MR) is 52.6 cm³/mol. The molecule has 0 saturated heterocycles. The second-order valence-electron chi connectivity index (χ2n) is 3.19. The normalized spacial score (nSPS) is 10.7. The van der Waals surface area contributed by atoms with E-state index in [2.05, 4.69) is 4.74 Å². The summed E-state index contributed by atoms with van der Waals surface area (Å²) in [5.41, 5.74) is 0.159. The Morgan fingerprint density at radius 2 is 2.12 bits per heavy atom. The summed E-state index contributed by atoms with van der Waals surface area (Å²) in [5.74, 6) is -0.504. The van der Waals surface area contributed by atoms with Crippen LogP contribution in [-0.4, -0.2) is 18.6 Å². The SMILES string of the molecule is N#CCC(=O)c1cccc(OCC(F)(F)F)c1. The van der Waals surface area contributed by atoms with Gasteiger partial charge in [-0.1, -0.05) is 12.1 Å². The van der Waals surface area contributed by atoms with Crippen molar-refractivity contribution in [2.24, 2.45) is 0 Å². The summed E-state index contributed by atoms with van der Waals surface area (Å²) < 4.78 is 40.1. The molecule has 3 nitrogen and oxygen atoms in total. The van der Waals surface area contributed by atoms with Crippen LogP contribution >= 0.6 is 0 Å². The van der Waals surface area contributed by atoms with Gasteiger partial charge in [0.2, 0.25) is 0 Å². The Morgan fingerprint density at radius 3 is 2.71 bits per heavy atom. The summed E-state index contributed by atoms with van der Waals surface area (Å²) in [6.45, 7) is -1.41. The lowest BCUT2D eigenvalue weighted by atomic mass is 10.1. The van der Waals surface area contributed by atoms with Crippen molar-refractivity contribution in [1.29, 1.82) is 5.26 Å². The van der Waals surface area contributed by atoms with Gasteiger partial charge >= 0.3 is 6.18 Å². The molecule has 0 heterocycles. The van der Waals surface area contributed by atoms with Crippen molar-refractivity contribution in [3.05, 3.63) is 29.8 Å². The number of Topliss-reactive ketones (excluding diaryl/α,β-unsaturated/α-hetero) is 1. The van der Waals surface area contributed by atoms with Crippen molar-refractivity contribution in [2.75, 3.05) is 6.61 Å². The number of benzene rings is 1. The topological polar surface area (TPSA) is 50.1 Å². The molecule has 1 aromatic carbocycles. The number of rotatable bonds is 4. The van der Waals surface area contributed by atoms with Gasteiger partial charge in [0, 0.05) is 5.56 Å². The predicted octanol–water partition coefficient (Wildman–Crippen LogP) is 2.72. The number of carbonyl (C=O) groups excluding carboxylic acids is 1. The van der Waals surface area contributed by atoms with Crippen LogP contribution in [0.15, 0.2) is 24.3 Å². The van der Waals surface area contributed by atoms with Gasteiger partial charge in [0.25, 0.3) is 0 Å². The molecule has 0 aliphatic heterocycles. The molecule has 0 aromatic heterocycles. The average Bonchev–Trinajstić information content (AvgIpc) is 2.26. The van der Waals surface area contributed by atoms with E-state index in [9.17, 15) is 18.0 Å². The highest BCUT2D eigenvalue weighted by Crippen LogP contribution is 2.19. The first kappa shape index (κ1) is 13.0. The maximum absolute atomic E-state index is 11.9. The van der Waals surface area contributed by atoms with Crippen molar-refractivity contribution in [3.63, 3.8) is 0 Å². The van der Waals surface area contributed by atoms with E-state index in [1.165, 1.54) is 24.3 Å². The monoisotopic (exact) mass is 243 g/mol. The van der Waals surface area contributed by atoms with E-state index < -0.39 is 18.6 Å². The molecule has 0 amide bonds. The van der Waals surface area contributed by atoms with Gasteiger partial charge in [-0.05, 0) is 12.1 Å². The van der Waals surface area contributed by atoms with Gasteiger partial charge in [-0.15, -0.1) is 0 Å². The van der Waals surface area contributed by atoms with Gasteiger partial charge in [0.15, 0.2) is 12.4 Å². The Morgan fingerprint density at radius 1 is 1.41 bits per heavy atom. The molecule has 0 atom stereocenters. The molecule has 0 aliphatic carbocycles. The Labute approximate surface area is 95.4 Å². The second kappa shape index (κ2) is 5.34. The minimum atomic E-state index is -4.42. The largest absolute Gasteiger partial charge is 0.484 e. The number of ketones is 1. The third-order valence-electron chi connectivity index (χ3n) is 1.80. The molecule has 90 valence electrons. The van der Waals surface area contributed by atoms with Gasteiger partial charge in [-0.25, -0.2) is 0 Å². The Kier molecular flexibility index (Phi) is 4.10. The fraction of sp³-hybridized carbons (Fsp3) is 0.273. The quantitative estimate of drug-likeness (QED) is 0.764. The van der Waals surface area contributed by atoms with Crippen LogP contribution in [0.5, 0.6) is 5.75 Å². The summed E-state index contributed by atoms with van der Waals surface area (Å²) in [5, 5.41) is 8.33. The fourth-order valence-electron chi connectivity index (χ4n) is 1.10. The molecule has 1 rings (SSSR count). The molecular formula is C11H8F3NO2. The Balaban J connectivity index is 2.73. The summed E-state index contributed by atoms with van der Waals surface area (Å²) in [7, 11) is 0. The maximum atomic E-state index is 11.9. The molecule has 0 N–H and O–H groups in total. The van der Waals surface area contributed by atoms with Crippen LogP contribution in [0.25, 0.3) is 0 Å². The molecular weight excluding hydrogens is 235 g/mol. The first-order valence-corrected chi connectivity index (χ1v) is 4.62. The highest BCUT2D eigenvalue weighted by atomic mass is 19.4. The molecule has 0 unspecified atom stereocenters. The van der Waals surface area contributed by atoms with E-state index in [-0.39, 0.29) is 17.7 Å². The van der Waals surface area contributed by atoms with Gasteiger partial charge in [0.1, 0.15) is 5.75 Å². The molecule has 17 heavy (non-hydrogen) atoms. The van der Waals surface area contributed by atoms with Crippen LogP contribution in [0, 0.1) is 11.3 Å². The van der Waals surface area contributed by atoms with Crippen molar-refractivity contribution >= 4 is 5.78 Å². The van der Waals surface area contributed by atoms with E-state index >= 15 is 0 Å². The van der Waals surface area contributed by atoms with E-state index in [4.69, 9.17) is 5.26 Å². The molecule has 0 bridgehead atoms. The lowest BCUT2D eigenvalue weighted by Gasteiger charge is -2.09. The van der Waals surface area contributed by atoms with Crippen LogP contribution in [0.4, 0.5) is 13.2 Å². The van der Waals surface area contributed by atoms with Gasteiger partial charge in [-0.2, -0.15) is 18.4 Å². The number of hydrogen-bond acceptors (Lipinski definition) is 3. The Bertz CT molecular complexity index is 449. The number of hydrogen-bond donors (Lipinski definition) is 0. The van der Waals surface area contributed by atoms with E-state index in [0.29, 0.717) is 0 Å². The molecule has 0 saturated carbocycles. The highest BCUT2D eigenvalue weighted by Gasteiger charge is 2.28. The number of halogens is 3. The average molecular weight is 243 g/mol. The number of ether oxygens (including phenoxy) is 1. The minimum Gasteiger partial charge on any atom is -0.484 e. The smallest absolute Gasteiger partial charge is 0.422 e. The number of nitrogens with zero attached hydrogens (tertiary/aromatic N) is 1. The Hall–Kier alpha value is -2.03. The van der Waals surface area contributed by atoms with Crippen LogP contribution in [0.2, 0.25) is 0 Å². The van der Waals surface area contributed by atoms with Crippen molar-refractivity contribution in [3.8, 4) is 11.8 Å². The van der Waals surface area contributed by atoms with Gasteiger partial charge in [-0.3, -0.25) is 4.79 Å². The van der Waals surface area contributed by atoms with Gasteiger partial charge in [0.05, 0.1) is 12.5 Å². The van der Waals surface area contributed by atoms with Crippen LogP contribution in [0.3, 0.4) is 0 Å². The summed E-state index contributed by atoms with van der Waals surface area (Å²) >= 11 is 0. The van der Waals surface area contributed by atoms with Crippen LogP contribution in [0.1, 0.15) is 16.8 Å². The lowest BCUT2D eigenvalue weighted by molar-refractivity contribution is -0.153. The summed E-state index contributed by atoms with van der Waals surface area (Å²) in [4.78, 5) is 11.3. The highest BCUT2D eigenvalue weighted by molar-refractivity contribution is 5.97. The molecule has 1 aromatic rings. The third-order valence-corrected chi connectivity index (χ3v) is 1.80. The van der Waals surface area contributed by atoms with Crippen molar-refractivity contribution in [2.45, 2.75) is 12.6 Å². The first-order chi connectivity index (χ1) is 7.92. The standard InChI is InChI=1S/C11H8F3NO2/c12-11(13,14)7-17-9-3-1-2-8(6-9)10(16)4-5-15/h1-3,6H,4,7H2. The number of alkyl halides is 3. The van der Waals surface area contributed by atoms with Crippen molar-refractivity contribution < 1.29 is 22.7 Å². The second-order valence-corrected chi connectivity index (χ2v) is 3.19. The lowest BCUT2D eigenvalue weighted by Crippen LogP contribution is -2.19. The van der Waals surface area contributed by atoms with E-state index in [0.717, 1.165) is 0 Å². The van der Waals surface area contributed by atoms with E-state index in [1.54, 1.807) is 6.07 Å². The third kappa shape index (κ3) is 4.55. The van der Waals surface area contributed by atoms with Gasteiger partial charge < -0.3 is 4.74 Å². The molecule has 6 heteroatoms. The molecule has 0 radical (unpaired) electrons. The fourth-order valence-corrected chi connectivity index (χ4v) is 1.10. The van der Waals surface area contributed by atoms with Crippen LogP contribution in [-0.2, 0) is 0 Å². The summed E-state index contributed by atoms with van der Waals surface area (Å²) in [6.07, 6.45) is -4.74. The minimum absolute atomic E-state index is 0.0499.